The fourth-order valence-corrected chi connectivity index (χ4v) is 2.02. The Kier molecular flexibility index (Phi) is 4.48. The zero-order valence-electron chi connectivity index (χ0n) is 12.0. The number of rotatable bonds is 4. The first-order valence-electron chi connectivity index (χ1n) is 6.71. The molecule has 0 spiro atoms. The molecule has 1 amide bonds. The molecular weight excluding hydrogens is 269 g/mol. The molecule has 108 valence electrons. The molecule has 0 unspecified atom stereocenters. The Morgan fingerprint density at radius 1 is 1.00 bits per heavy atom. The molecule has 0 N–H and O–H groups in total. The molecule has 0 heterocycles. The molecule has 0 saturated carbocycles. The van der Waals surface area contributed by atoms with Gasteiger partial charge < -0.3 is 4.90 Å². The third-order valence-electron chi connectivity index (χ3n) is 3.21. The summed E-state index contributed by atoms with van der Waals surface area (Å²) in [6, 6.07) is 12.3. The number of hydrogen-bond acceptors (Lipinski definition) is 2. The van der Waals surface area contributed by atoms with Crippen LogP contribution in [0.5, 0.6) is 0 Å². The molecule has 4 heteroatoms. The van der Waals surface area contributed by atoms with Crippen LogP contribution in [0, 0.1) is 12.7 Å². The third kappa shape index (κ3) is 3.34. The van der Waals surface area contributed by atoms with Gasteiger partial charge in [-0.2, -0.15) is 0 Å². The Balaban J connectivity index is 2.25. The van der Waals surface area contributed by atoms with E-state index in [9.17, 15) is 14.0 Å². The van der Waals surface area contributed by atoms with Crippen molar-refractivity contribution in [1.82, 2.24) is 0 Å². The highest BCUT2D eigenvalue weighted by molar-refractivity contribution is 6.47. The zero-order chi connectivity index (χ0) is 15.4. The van der Waals surface area contributed by atoms with Crippen molar-refractivity contribution in [2.45, 2.75) is 13.8 Å². The average Bonchev–Trinajstić information content (AvgIpc) is 2.50. The molecule has 2 aromatic rings. The van der Waals surface area contributed by atoms with Gasteiger partial charge >= 0.3 is 0 Å². The number of anilines is 1. The standard InChI is InChI=1S/C17H16FNO2/c1-3-19(15-10-8-14(18)9-11-15)17(21)16(20)13-6-4-12(2)5-7-13/h4-11H,3H2,1-2H3. The number of amides is 1. The molecular formula is C17H16FNO2. The van der Waals surface area contributed by atoms with Gasteiger partial charge in [0, 0.05) is 17.8 Å². The van der Waals surface area contributed by atoms with Gasteiger partial charge in [0.2, 0.25) is 0 Å². The van der Waals surface area contributed by atoms with Crippen molar-refractivity contribution in [2.75, 3.05) is 11.4 Å². The van der Waals surface area contributed by atoms with E-state index >= 15 is 0 Å². The van der Waals surface area contributed by atoms with Gasteiger partial charge in [-0.1, -0.05) is 29.8 Å². The van der Waals surface area contributed by atoms with Crippen molar-refractivity contribution in [2.24, 2.45) is 0 Å². The molecule has 2 aromatic carbocycles. The van der Waals surface area contributed by atoms with Crippen molar-refractivity contribution in [3.63, 3.8) is 0 Å². The van der Waals surface area contributed by atoms with Crippen LogP contribution in [0.1, 0.15) is 22.8 Å². The minimum Gasteiger partial charge on any atom is -0.306 e. The van der Waals surface area contributed by atoms with Gasteiger partial charge in [0.25, 0.3) is 11.7 Å². The number of benzene rings is 2. The number of carbonyl (C=O) groups is 2. The summed E-state index contributed by atoms with van der Waals surface area (Å²) in [5.41, 5.74) is 1.88. The van der Waals surface area contributed by atoms with Gasteiger partial charge in [-0.15, -0.1) is 0 Å². The van der Waals surface area contributed by atoms with E-state index in [1.165, 1.54) is 29.2 Å². The van der Waals surface area contributed by atoms with Crippen LogP contribution >= 0.6 is 0 Å². The highest BCUT2D eigenvalue weighted by Gasteiger charge is 2.23. The SMILES string of the molecule is CCN(C(=O)C(=O)c1ccc(C)cc1)c1ccc(F)cc1. The first-order valence-corrected chi connectivity index (χ1v) is 6.71. The molecule has 0 aromatic heterocycles. The monoisotopic (exact) mass is 285 g/mol. The number of Topliss-reactive ketones (excluding diaryl/α,β-unsaturated/α-hetero) is 1. The molecule has 0 aliphatic carbocycles. The Labute approximate surface area is 123 Å². The first-order chi connectivity index (χ1) is 10.0. The molecule has 21 heavy (non-hydrogen) atoms. The lowest BCUT2D eigenvalue weighted by Crippen LogP contribution is -2.36. The van der Waals surface area contributed by atoms with Gasteiger partial charge in [-0.25, -0.2) is 4.39 Å². The first kappa shape index (κ1) is 14.9. The smallest absolute Gasteiger partial charge is 0.299 e. The van der Waals surface area contributed by atoms with E-state index < -0.39 is 11.7 Å². The summed E-state index contributed by atoms with van der Waals surface area (Å²) in [4.78, 5) is 25.9. The topological polar surface area (TPSA) is 37.4 Å². The van der Waals surface area contributed by atoms with Crippen molar-refractivity contribution in [3.8, 4) is 0 Å². The average molecular weight is 285 g/mol. The van der Waals surface area contributed by atoms with Crippen LogP contribution in [0.15, 0.2) is 48.5 Å². The highest BCUT2D eigenvalue weighted by Crippen LogP contribution is 2.16. The van der Waals surface area contributed by atoms with E-state index in [0.717, 1.165) is 5.56 Å². The van der Waals surface area contributed by atoms with Crippen LogP contribution in [0.25, 0.3) is 0 Å². The summed E-state index contributed by atoms with van der Waals surface area (Å²) >= 11 is 0. The van der Waals surface area contributed by atoms with Crippen LogP contribution in [-0.2, 0) is 4.79 Å². The van der Waals surface area contributed by atoms with E-state index in [1.54, 1.807) is 31.2 Å². The summed E-state index contributed by atoms with van der Waals surface area (Å²) in [7, 11) is 0. The second kappa shape index (κ2) is 6.31. The van der Waals surface area contributed by atoms with E-state index in [1.807, 2.05) is 6.92 Å². The molecule has 0 fully saturated rings. The third-order valence-corrected chi connectivity index (χ3v) is 3.21. The number of aryl methyl sites for hydroxylation is 1. The Bertz CT molecular complexity index is 647. The van der Waals surface area contributed by atoms with Crippen molar-refractivity contribution >= 4 is 17.4 Å². The second-order valence-corrected chi connectivity index (χ2v) is 4.72. The number of ketones is 1. The van der Waals surface area contributed by atoms with E-state index in [-0.39, 0.29) is 5.82 Å². The van der Waals surface area contributed by atoms with E-state index in [2.05, 4.69) is 0 Å². The van der Waals surface area contributed by atoms with E-state index in [0.29, 0.717) is 17.8 Å². The quantitative estimate of drug-likeness (QED) is 0.638. The van der Waals surface area contributed by atoms with Crippen molar-refractivity contribution < 1.29 is 14.0 Å². The number of carbonyl (C=O) groups excluding carboxylic acids is 2. The zero-order valence-corrected chi connectivity index (χ0v) is 12.0. The number of hydrogen-bond donors (Lipinski definition) is 0. The molecule has 2 rings (SSSR count). The van der Waals surface area contributed by atoms with Gasteiger partial charge in [0.05, 0.1) is 0 Å². The number of halogens is 1. The van der Waals surface area contributed by atoms with Crippen molar-refractivity contribution in [3.05, 3.63) is 65.5 Å². The number of likely N-dealkylation sites (N-methyl/N-ethyl adjacent to an activating group) is 1. The van der Waals surface area contributed by atoms with Gasteiger partial charge in [0.1, 0.15) is 5.82 Å². The lowest BCUT2D eigenvalue weighted by molar-refractivity contribution is -0.114. The molecule has 0 atom stereocenters. The molecule has 0 radical (unpaired) electrons. The summed E-state index contributed by atoms with van der Waals surface area (Å²) in [5.74, 6) is -1.57. The largest absolute Gasteiger partial charge is 0.306 e. The predicted molar refractivity (Wildman–Crippen MR) is 79.9 cm³/mol. The van der Waals surface area contributed by atoms with Crippen LogP contribution < -0.4 is 4.90 Å². The highest BCUT2D eigenvalue weighted by atomic mass is 19.1. The van der Waals surface area contributed by atoms with Crippen LogP contribution in [0.3, 0.4) is 0 Å². The molecule has 0 bridgehead atoms. The normalized spacial score (nSPS) is 10.2. The van der Waals surface area contributed by atoms with Gasteiger partial charge in [-0.05, 0) is 38.1 Å². The summed E-state index contributed by atoms with van der Waals surface area (Å²) < 4.78 is 12.9. The summed E-state index contributed by atoms with van der Waals surface area (Å²) in [6.45, 7) is 4.01. The minimum atomic E-state index is -0.618. The Morgan fingerprint density at radius 2 is 1.57 bits per heavy atom. The summed E-state index contributed by atoms with van der Waals surface area (Å²) in [5, 5.41) is 0. The van der Waals surface area contributed by atoms with E-state index in [4.69, 9.17) is 0 Å². The second-order valence-electron chi connectivity index (χ2n) is 4.72. The Hall–Kier alpha value is -2.49. The maximum Gasteiger partial charge on any atom is 0.299 e. The van der Waals surface area contributed by atoms with Gasteiger partial charge in [0.15, 0.2) is 0 Å². The van der Waals surface area contributed by atoms with Crippen molar-refractivity contribution in [1.29, 1.82) is 0 Å². The van der Waals surface area contributed by atoms with Crippen LogP contribution in [0.4, 0.5) is 10.1 Å². The van der Waals surface area contributed by atoms with Gasteiger partial charge in [-0.3, -0.25) is 9.59 Å². The molecule has 0 aliphatic rings. The van der Waals surface area contributed by atoms with Crippen LogP contribution in [0.2, 0.25) is 0 Å². The predicted octanol–water partition coefficient (Wildman–Crippen LogP) is 3.37. The Morgan fingerprint density at radius 3 is 2.10 bits per heavy atom. The maximum atomic E-state index is 12.9. The minimum absolute atomic E-state index is 0.335. The fourth-order valence-electron chi connectivity index (χ4n) is 2.02. The molecule has 0 aliphatic heterocycles. The fraction of sp³-hybridized carbons (Fsp3) is 0.176. The lowest BCUT2D eigenvalue weighted by atomic mass is 10.1. The van der Waals surface area contributed by atoms with Crippen LogP contribution in [-0.4, -0.2) is 18.2 Å². The molecule has 3 nitrogen and oxygen atoms in total. The summed E-state index contributed by atoms with van der Waals surface area (Å²) in [6.07, 6.45) is 0. The maximum absolute atomic E-state index is 12.9. The lowest BCUT2D eigenvalue weighted by Gasteiger charge is -2.20. The number of nitrogens with zero attached hydrogens (tertiary/aromatic N) is 1. The molecule has 0 saturated heterocycles.